The van der Waals surface area contributed by atoms with Gasteiger partial charge in [-0.3, -0.25) is 14.9 Å². The molecule has 2 aromatic rings. The summed E-state index contributed by atoms with van der Waals surface area (Å²) >= 11 is 0. The van der Waals surface area contributed by atoms with E-state index in [4.69, 9.17) is 0 Å². The zero-order valence-electron chi connectivity index (χ0n) is 9.06. The maximum absolute atomic E-state index is 11.4. The molecule has 0 saturated carbocycles. The van der Waals surface area contributed by atoms with Crippen LogP contribution in [-0.2, 0) is 6.42 Å². The molecule has 0 fully saturated rings. The average molecular weight is 234 g/mol. The molecule has 0 aliphatic carbocycles. The monoisotopic (exact) mass is 234 g/mol. The zero-order chi connectivity index (χ0) is 12.6. The number of nitro groups is 1. The summed E-state index contributed by atoms with van der Waals surface area (Å²) in [6.45, 7) is 1.93. The Balaban J connectivity index is 2.88. The number of aromatic nitrogens is 1. The number of H-pyrrole nitrogens is 1. The van der Waals surface area contributed by atoms with Gasteiger partial charge in [0.05, 0.1) is 10.4 Å². The van der Waals surface area contributed by atoms with Gasteiger partial charge in [0, 0.05) is 5.39 Å². The summed E-state index contributed by atoms with van der Waals surface area (Å²) in [5.74, 6) is -0.580. The molecule has 17 heavy (non-hydrogen) atoms. The SMILES string of the molecule is CCc1ccc2[nH]c(=O)c([N+](=O)[O-])c(O)c2c1. The lowest BCUT2D eigenvalue weighted by Crippen LogP contribution is -2.11. The molecule has 2 N–H and O–H groups in total. The summed E-state index contributed by atoms with van der Waals surface area (Å²) in [5, 5.41) is 20.7. The maximum Gasteiger partial charge on any atom is 0.375 e. The molecule has 0 bridgehead atoms. The second kappa shape index (κ2) is 3.89. The summed E-state index contributed by atoms with van der Waals surface area (Å²) < 4.78 is 0. The Bertz CT molecular complexity index is 660. The van der Waals surface area contributed by atoms with E-state index in [1.807, 2.05) is 6.92 Å². The molecule has 1 heterocycles. The van der Waals surface area contributed by atoms with Gasteiger partial charge < -0.3 is 10.1 Å². The van der Waals surface area contributed by atoms with Crippen molar-refractivity contribution < 1.29 is 10.0 Å². The highest BCUT2D eigenvalue weighted by Gasteiger charge is 2.22. The molecule has 0 saturated heterocycles. The normalized spacial score (nSPS) is 10.6. The van der Waals surface area contributed by atoms with E-state index in [9.17, 15) is 20.0 Å². The summed E-state index contributed by atoms with van der Waals surface area (Å²) in [6.07, 6.45) is 0.738. The van der Waals surface area contributed by atoms with Crippen LogP contribution in [-0.4, -0.2) is 15.0 Å². The third kappa shape index (κ3) is 1.73. The van der Waals surface area contributed by atoms with Crippen molar-refractivity contribution in [1.82, 2.24) is 4.98 Å². The number of nitrogens with zero attached hydrogens (tertiary/aromatic N) is 1. The number of aromatic amines is 1. The van der Waals surface area contributed by atoms with Gasteiger partial charge in [-0.25, -0.2) is 0 Å². The van der Waals surface area contributed by atoms with Crippen molar-refractivity contribution in [3.8, 4) is 5.75 Å². The molecule has 0 spiro atoms. The molecule has 6 nitrogen and oxygen atoms in total. The number of aryl methyl sites for hydroxylation is 1. The Morgan fingerprint density at radius 3 is 2.76 bits per heavy atom. The number of nitrogens with one attached hydrogen (secondary N) is 1. The highest BCUT2D eigenvalue weighted by molar-refractivity contribution is 5.88. The molecule has 0 atom stereocenters. The molecule has 0 aliphatic rings. The maximum atomic E-state index is 11.4. The van der Waals surface area contributed by atoms with Crippen LogP contribution in [0.25, 0.3) is 10.9 Å². The number of benzene rings is 1. The third-order valence-corrected chi connectivity index (χ3v) is 2.62. The van der Waals surface area contributed by atoms with E-state index in [2.05, 4.69) is 4.98 Å². The average Bonchev–Trinajstić information content (AvgIpc) is 2.28. The van der Waals surface area contributed by atoms with Gasteiger partial charge in [-0.15, -0.1) is 0 Å². The Morgan fingerprint density at radius 1 is 1.47 bits per heavy atom. The molecule has 1 aromatic heterocycles. The van der Waals surface area contributed by atoms with E-state index in [1.54, 1.807) is 18.2 Å². The van der Waals surface area contributed by atoms with Crippen LogP contribution in [0.15, 0.2) is 23.0 Å². The molecular formula is C11H10N2O4. The standard InChI is InChI=1S/C11H10N2O4/c1-2-6-3-4-8-7(5-6)10(14)9(13(16)17)11(15)12-8/h3-5H,2H2,1H3,(H2,12,14,15). The Hall–Kier alpha value is -2.37. The topological polar surface area (TPSA) is 96.2 Å². The first-order valence-electron chi connectivity index (χ1n) is 5.07. The number of pyridine rings is 1. The fraction of sp³-hybridized carbons (Fsp3) is 0.182. The predicted octanol–water partition coefficient (Wildman–Crippen LogP) is 1.70. The second-order valence-electron chi connectivity index (χ2n) is 3.64. The van der Waals surface area contributed by atoms with Crippen LogP contribution in [0.5, 0.6) is 5.75 Å². The van der Waals surface area contributed by atoms with E-state index in [0.29, 0.717) is 5.52 Å². The third-order valence-electron chi connectivity index (χ3n) is 2.62. The van der Waals surface area contributed by atoms with E-state index in [1.165, 1.54) is 0 Å². The smallest absolute Gasteiger partial charge is 0.375 e. The quantitative estimate of drug-likeness (QED) is 0.610. The minimum absolute atomic E-state index is 0.288. The van der Waals surface area contributed by atoms with Crippen LogP contribution in [0.4, 0.5) is 5.69 Å². The van der Waals surface area contributed by atoms with E-state index < -0.39 is 21.9 Å². The fourth-order valence-electron chi connectivity index (χ4n) is 1.70. The van der Waals surface area contributed by atoms with Crippen LogP contribution in [0.3, 0.4) is 0 Å². The molecular weight excluding hydrogens is 224 g/mol. The van der Waals surface area contributed by atoms with Gasteiger partial charge >= 0.3 is 11.2 Å². The molecule has 0 amide bonds. The van der Waals surface area contributed by atoms with Crippen LogP contribution < -0.4 is 5.56 Å². The van der Waals surface area contributed by atoms with Crippen LogP contribution in [0.1, 0.15) is 12.5 Å². The van der Waals surface area contributed by atoms with Crippen LogP contribution in [0.2, 0.25) is 0 Å². The van der Waals surface area contributed by atoms with Gasteiger partial charge in [0.15, 0.2) is 0 Å². The molecule has 0 unspecified atom stereocenters. The number of rotatable bonds is 2. The number of aromatic hydroxyl groups is 1. The molecule has 1 aromatic carbocycles. The summed E-state index contributed by atoms with van der Waals surface area (Å²) in [4.78, 5) is 23.6. The van der Waals surface area contributed by atoms with Gasteiger partial charge in [-0.2, -0.15) is 0 Å². The lowest BCUT2D eigenvalue weighted by Gasteiger charge is -2.03. The van der Waals surface area contributed by atoms with E-state index in [-0.39, 0.29) is 5.39 Å². The largest absolute Gasteiger partial charge is 0.501 e. The minimum atomic E-state index is -0.899. The number of hydrogen-bond acceptors (Lipinski definition) is 4. The van der Waals surface area contributed by atoms with Crippen molar-refractivity contribution in [3.05, 3.63) is 44.2 Å². The van der Waals surface area contributed by atoms with E-state index in [0.717, 1.165) is 12.0 Å². The molecule has 2 rings (SSSR count). The molecule has 6 heteroatoms. The Morgan fingerprint density at radius 2 is 2.18 bits per heavy atom. The summed E-state index contributed by atoms with van der Waals surface area (Å²) in [7, 11) is 0. The van der Waals surface area contributed by atoms with Crippen molar-refractivity contribution >= 4 is 16.6 Å². The zero-order valence-corrected chi connectivity index (χ0v) is 9.06. The van der Waals surface area contributed by atoms with Crippen LogP contribution >= 0.6 is 0 Å². The van der Waals surface area contributed by atoms with Gasteiger partial charge in [0.1, 0.15) is 0 Å². The van der Waals surface area contributed by atoms with Crippen molar-refractivity contribution in [2.75, 3.05) is 0 Å². The van der Waals surface area contributed by atoms with Crippen molar-refractivity contribution in [2.45, 2.75) is 13.3 Å². The highest BCUT2D eigenvalue weighted by atomic mass is 16.6. The van der Waals surface area contributed by atoms with Crippen molar-refractivity contribution in [3.63, 3.8) is 0 Å². The fourth-order valence-corrected chi connectivity index (χ4v) is 1.70. The van der Waals surface area contributed by atoms with Gasteiger partial charge in [0.2, 0.25) is 5.75 Å². The van der Waals surface area contributed by atoms with Gasteiger partial charge in [-0.05, 0) is 24.1 Å². The Kier molecular flexibility index (Phi) is 2.55. The van der Waals surface area contributed by atoms with Crippen molar-refractivity contribution in [2.24, 2.45) is 0 Å². The highest BCUT2D eigenvalue weighted by Crippen LogP contribution is 2.30. The second-order valence-corrected chi connectivity index (χ2v) is 3.64. The number of fused-ring (bicyclic) bond motifs is 1. The summed E-state index contributed by atoms with van der Waals surface area (Å²) in [5.41, 5.74) is -0.403. The minimum Gasteiger partial charge on any atom is -0.501 e. The van der Waals surface area contributed by atoms with Gasteiger partial charge in [0.25, 0.3) is 0 Å². The lowest BCUT2D eigenvalue weighted by molar-refractivity contribution is -0.387. The predicted molar refractivity (Wildman–Crippen MR) is 62.3 cm³/mol. The van der Waals surface area contributed by atoms with Crippen molar-refractivity contribution in [1.29, 1.82) is 0 Å². The van der Waals surface area contributed by atoms with E-state index >= 15 is 0 Å². The molecule has 88 valence electrons. The Labute approximate surface area is 95.7 Å². The first-order chi connectivity index (χ1) is 8.04. The van der Waals surface area contributed by atoms with Gasteiger partial charge in [-0.1, -0.05) is 13.0 Å². The molecule has 0 radical (unpaired) electrons. The first-order valence-corrected chi connectivity index (χ1v) is 5.07. The first kappa shape index (κ1) is 11.1. The van der Waals surface area contributed by atoms with Crippen LogP contribution in [0, 0.1) is 10.1 Å². The molecule has 0 aliphatic heterocycles. The lowest BCUT2D eigenvalue weighted by atomic mass is 10.1. The number of hydrogen-bond donors (Lipinski definition) is 2. The summed E-state index contributed by atoms with van der Waals surface area (Å²) in [6, 6.07) is 5.05.